The van der Waals surface area contributed by atoms with E-state index >= 15 is 0 Å². The summed E-state index contributed by atoms with van der Waals surface area (Å²) in [5, 5.41) is 15.7. The minimum atomic E-state index is -0.793. The summed E-state index contributed by atoms with van der Waals surface area (Å²) in [5.74, 6) is 1.01. The molecule has 2 saturated heterocycles. The lowest BCUT2D eigenvalue weighted by Gasteiger charge is -2.39. The topological polar surface area (TPSA) is 50.5 Å². The average Bonchev–Trinajstić information content (AvgIpc) is 3.00. The van der Waals surface area contributed by atoms with Gasteiger partial charge in [-0.2, -0.15) is 5.10 Å². The minimum Gasteiger partial charge on any atom is -0.493 e. The number of fused-ring (bicyclic) bond motifs is 2. The van der Waals surface area contributed by atoms with E-state index in [1.807, 2.05) is 4.68 Å². The van der Waals surface area contributed by atoms with Gasteiger partial charge in [0, 0.05) is 25.0 Å². The van der Waals surface area contributed by atoms with Crippen LogP contribution >= 0.6 is 0 Å². The molecule has 0 radical (unpaired) electrons. The Hall–Kier alpha value is -1.07. The summed E-state index contributed by atoms with van der Waals surface area (Å²) in [5.41, 5.74) is 0.0793. The first-order chi connectivity index (χ1) is 9.06. The summed E-state index contributed by atoms with van der Waals surface area (Å²) in [6.07, 6.45) is 3.56. The molecule has 3 unspecified atom stereocenters. The molecule has 0 spiro atoms. The monoisotopic (exact) mass is 265 g/mol. The van der Waals surface area contributed by atoms with Gasteiger partial charge in [-0.25, -0.2) is 0 Å². The Labute approximate surface area is 114 Å². The van der Waals surface area contributed by atoms with E-state index in [1.54, 1.807) is 13.3 Å². The van der Waals surface area contributed by atoms with E-state index in [0.717, 1.165) is 43.9 Å². The van der Waals surface area contributed by atoms with Crippen LogP contribution in [0.2, 0.25) is 0 Å². The fraction of sp³-hybridized carbons (Fsp3) is 0.786. The van der Waals surface area contributed by atoms with Crippen LogP contribution < -0.4 is 4.74 Å². The van der Waals surface area contributed by atoms with Crippen LogP contribution in [0.4, 0.5) is 0 Å². The second-order valence-electron chi connectivity index (χ2n) is 6.06. The van der Waals surface area contributed by atoms with Gasteiger partial charge in [-0.1, -0.05) is 0 Å². The Balaban J connectivity index is 2.06. The molecule has 0 aliphatic carbocycles. The smallest absolute Gasteiger partial charge is 0.162 e. The maximum atomic E-state index is 11.3. The zero-order chi connectivity index (χ0) is 13.6. The molecule has 1 aromatic heterocycles. The zero-order valence-corrected chi connectivity index (χ0v) is 12.0. The third kappa shape index (κ3) is 1.87. The van der Waals surface area contributed by atoms with Gasteiger partial charge in [0.05, 0.1) is 13.3 Å². The van der Waals surface area contributed by atoms with Gasteiger partial charge in [0.2, 0.25) is 0 Å². The minimum absolute atomic E-state index is 0.224. The van der Waals surface area contributed by atoms with E-state index in [4.69, 9.17) is 4.74 Å². The predicted molar refractivity (Wildman–Crippen MR) is 72.2 cm³/mol. The number of nitrogens with zero attached hydrogens (tertiary/aromatic N) is 3. The second kappa shape index (κ2) is 4.49. The lowest BCUT2D eigenvalue weighted by molar-refractivity contribution is -0.0592. The van der Waals surface area contributed by atoms with E-state index in [0.29, 0.717) is 5.92 Å². The zero-order valence-electron chi connectivity index (χ0n) is 12.0. The van der Waals surface area contributed by atoms with Crippen LogP contribution in [0.3, 0.4) is 0 Å². The van der Waals surface area contributed by atoms with Crippen LogP contribution in [0.5, 0.6) is 5.75 Å². The maximum absolute atomic E-state index is 11.3. The van der Waals surface area contributed by atoms with E-state index in [2.05, 4.69) is 23.8 Å². The lowest BCUT2D eigenvalue weighted by atomic mass is 9.79. The molecule has 1 aromatic rings. The van der Waals surface area contributed by atoms with Gasteiger partial charge in [-0.05, 0) is 33.2 Å². The second-order valence-corrected chi connectivity index (χ2v) is 6.06. The first kappa shape index (κ1) is 12.9. The van der Waals surface area contributed by atoms with Crippen molar-refractivity contribution in [1.82, 2.24) is 14.7 Å². The Bertz CT molecular complexity index is 471. The molecule has 2 bridgehead atoms. The Morgan fingerprint density at radius 3 is 2.95 bits per heavy atom. The van der Waals surface area contributed by atoms with Crippen molar-refractivity contribution in [3.05, 3.63) is 11.9 Å². The van der Waals surface area contributed by atoms with Crippen LogP contribution in [-0.2, 0) is 5.60 Å². The van der Waals surface area contributed by atoms with Gasteiger partial charge >= 0.3 is 0 Å². The molecule has 3 atom stereocenters. The lowest BCUT2D eigenvalue weighted by Crippen LogP contribution is -2.45. The van der Waals surface area contributed by atoms with Crippen molar-refractivity contribution < 1.29 is 9.84 Å². The molecule has 3 rings (SSSR count). The van der Waals surface area contributed by atoms with Crippen molar-refractivity contribution >= 4 is 0 Å². The third-order valence-electron chi connectivity index (χ3n) is 4.64. The van der Waals surface area contributed by atoms with Crippen LogP contribution in [0.15, 0.2) is 6.20 Å². The molecule has 5 heteroatoms. The fourth-order valence-electron chi connectivity index (χ4n) is 3.57. The third-order valence-corrected chi connectivity index (χ3v) is 4.64. The molecule has 1 N–H and O–H groups in total. The molecule has 2 aliphatic rings. The van der Waals surface area contributed by atoms with Crippen LogP contribution in [0.25, 0.3) is 0 Å². The van der Waals surface area contributed by atoms with Crippen molar-refractivity contribution in [3.8, 4) is 5.75 Å². The summed E-state index contributed by atoms with van der Waals surface area (Å²) in [6.45, 7) is 7.22. The number of methoxy groups -OCH3 is 1. The number of aliphatic hydroxyl groups is 1. The normalized spacial score (nSPS) is 33.9. The molecule has 0 saturated carbocycles. The Kier molecular flexibility index (Phi) is 3.06. The van der Waals surface area contributed by atoms with Crippen LogP contribution in [-0.4, -0.2) is 46.5 Å². The molecule has 19 heavy (non-hydrogen) atoms. The number of hydrogen-bond acceptors (Lipinski definition) is 4. The number of rotatable bonds is 3. The molecule has 2 aliphatic heterocycles. The van der Waals surface area contributed by atoms with E-state index < -0.39 is 5.60 Å². The maximum Gasteiger partial charge on any atom is 0.162 e. The van der Waals surface area contributed by atoms with Crippen molar-refractivity contribution in [1.29, 1.82) is 0 Å². The molecule has 5 nitrogen and oxygen atoms in total. The van der Waals surface area contributed by atoms with Gasteiger partial charge in [0.15, 0.2) is 5.75 Å². The highest BCUT2D eigenvalue weighted by Gasteiger charge is 2.49. The molecule has 0 amide bonds. The van der Waals surface area contributed by atoms with E-state index in [-0.39, 0.29) is 6.04 Å². The summed E-state index contributed by atoms with van der Waals surface area (Å²) < 4.78 is 7.37. The van der Waals surface area contributed by atoms with Gasteiger partial charge in [0.25, 0.3) is 0 Å². The average molecular weight is 265 g/mol. The van der Waals surface area contributed by atoms with Crippen molar-refractivity contribution in [2.24, 2.45) is 5.92 Å². The van der Waals surface area contributed by atoms with Gasteiger partial charge in [-0.3, -0.25) is 4.68 Å². The summed E-state index contributed by atoms with van der Waals surface area (Å²) in [7, 11) is 1.65. The van der Waals surface area contributed by atoms with Gasteiger partial charge in [0.1, 0.15) is 11.3 Å². The first-order valence-corrected chi connectivity index (χ1v) is 7.13. The summed E-state index contributed by atoms with van der Waals surface area (Å²) in [4.78, 5) is 2.43. The SMILES string of the molecule is COc1cnn(C(C)C)c1C1(O)CCN2CCC1C2. The van der Waals surface area contributed by atoms with Crippen molar-refractivity contribution in [2.45, 2.75) is 38.3 Å². The van der Waals surface area contributed by atoms with Crippen molar-refractivity contribution in [2.75, 3.05) is 26.7 Å². The predicted octanol–water partition coefficient (Wildman–Crippen LogP) is 1.39. The van der Waals surface area contributed by atoms with Gasteiger partial charge in [-0.15, -0.1) is 0 Å². The highest BCUT2D eigenvalue weighted by molar-refractivity contribution is 5.33. The van der Waals surface area contributed by atoms with Crippen LogP contribution in [0.1, 0.15) is 38.4 Å². The Morgan fingerprint density at radius 1 is 1.47 bits per heavy atom. The molecule has 0 aromatic carbocycles. The van der Waals surface area contributed by atoms with E-state index in [1.165, 1.54) is 0 Å². The number of hydrogen-bond donors (Lipinski definition) is 1. The number of aromatic nitrogens is 2. The first-order valence-electron chi connectivity index (χ1n) is 7.13. The quantitative estimate of drug-likeness (QED) is 0.897. The highest BCUT2D eigenvalue weighted by atomic mass is 16.5. The molecule has 2 fully saturated rings. The van der Waals surface area contributed by atoms with Crippen molar-refractivity contribution in [3.63, 3.8) is 0 Å². The van der Waals surface area contributed by atoms with E-state index in [9.17, 15) is 5.11 Å². The molecular formula is C14H23N3O2. The Morgan fingerprint density at radius 2 is 2.26 bits per heavy atom. The fourth-order valence-corrected chi connectivity index (χ4v) is 3.57. The molecule has 3 heterocycles. The van der Waals surface area contributed by atoms with Crippen LogP contribution in [0, 0.1) is 5.92 Å². The highest BCUT2D eigenvalue weighted by Crippen LogP contribution is 2.46. The largest absolute Gasteiger partial charge is 0.493 e. The summed E-state index contributed by atoms with van der Waals surface area (Å²) in [6, 6.07) is 0.224. The number of ether oxygens (including phenoxy) is 1. The molecule has 106 valence electrons. The standard InChI is InChI=1S/C14H23N3O2/c1-10(2)17-13(12(19-3)8-15-17)14(18)5-7-16-6-4-11(14)9-16/h8,10-11,18H,4-7,9H2,1-3H3. The molecular weight excluding hydrogens is 242 g/mol. The number of piperidine rings is 1. The van der Waals surface area contributed by atoms with Gasteiger partial charge < -0.3 is 14.7 Å². The summed E-state index contributed by atoms with van der Waals surface area (Å²) >= 11 is 0.